The first-order valence-corrected chi connectivity index (χ1v) is 9.22. The molecule has 1 atom stereocenters. The van der Waals surface area contributed by atoms with Crippen LogP contribution in [0.25, 0.3) is 0 Å². The highest BCUT2D eigenvalue weighted by Crippen LogP contribution is 2.28. The van der Waals surface area contributed by atoms with Crippen LogP contribution in [0.1, 0.15) is 28.1 Å². The van der Waals surface area contributed by atoms with Crippen molar-refractivity contribution >= 4 is 22.9 Å². The van der Waals surface area contributed by atoms with E-state index in [9.17, 15) is 14.9 Å². The summed E-state index contributed by atoms with van der Waals surface area (Å²) in [5.41, 5.74) is 0.0543. The lowest BCUT2D eigenvalue weighted by atomic mass is 10.1. The largest absolute Gasteiger partial charge is 0.490 e. The van der Waals surface area contributed by atoms with Crippen molar-refractivity contribution in [2.45, 2.75) is 25.5 Å². The first-order valence-electron chi connectivity index (χ1n) is 8.34. The average Bonchev–Trinajstić information content (AvgIpc) is 3.34. The minimum absolute atomic E-state index is 0.00662. The number of rotatable bonds is 7. The molecule has 1 aromatic carbocycles. The number of nitrogens with zero attached hydrogens (tertiary/aromatic N) is 2. The van der Waals surface area contributed by atoms with Crippen LogP contribution < -0.4 is 4.74 Å². The Kier molecular flexibility index (Phi) is 5.85. The fourth-order valence-electron chi connectivity index (χ4n) is 2.99. The van der Waals surface area contributed by atoms with E-state index in [0.717, 1.165) is 17.7 Å². The molecule has 1 aliphatic rings. The van der Waals surface area contributed by atoms with Crippen LogP contribution in [0, 0.1) is 10.1 Å². The van der Waals surface area contributed by atoms with Gasteiger partial charge in [0.05, 0.1) is 24.7 Å². The van der Waals surface area contributed by atoms with Gasteiger partial charge >= 0.3 is 5.69 Å². The summed E-state index contributed by atoms with van der Waals surface area (Å²) < 4.78 is 10.7. The maximum atomic E-state index is 13.0. The second-order valence-electron chi connectivity index (χ2n) is 6.04. The molecule has 1 saturated heterocycles. The first kappa shape index (κ1) is 18.3. The Morgan fingerprint density at radius 2 is 2.31 bits per heavy atom. The lowest BCUT2D eigenvalue weighted by Gasteiger charge is -2.25. The Labute approximate surface area is 155 Å². The summed E-state index contributed by atoms with van der Waals surface area (Å²) in [7, 11) is 1.37. The fourth-order valence-corrected chi connectivity index (χ4v) is 3.71. The third-order valence-corrected chi connectivity index (χ3v) is 5.15. The van der Waals surface area contributed by atoms with Gasteiger partial charge < -0.3 is 14.4 Å². The number of nitro benzene ring substituents is 1. The third kappa shape index (κ3) is 4.20. The number of hydrogen-bond donors (Lipinski definition) is 0. The highest BCUT2D eigenvalue weighted by molar-refractivity contribution is 7.09. The SMILES string of the molecule is COc1ccc(C(=O)N(Cc2cccs2)C[C@@H]2CCCO2)cc1[N+](=O)[O-]. The van der Waals surface area contributed by atoms with E-state index >= 15 is 0 Å². The number of carbonyl (C=O) groups is 1. The molecule has 0 spiro atoms. The van der Waals surface area contributed by atoms with Crippen LogP contribution in [0.15, 0.2) is 35.7 Å². The minimum Gasteiger partial charge on any atom is -0.490 e. The molecule has 8 heteroatoms. The first-order chi connectivity index (χ1) is 12.6. The van der Waals surface area contributed by atoms with Crippen LogP contribution in [0.5, 0.6) is 5.75 Å². The molecule has 1 fully saturated rings. The van der Waals surface area contributed by atoms with Gasteiger partial charge in [-0.1, -0.05) is 6.07 Å². The molecule has 2 aromatic rings. The Balaban J connectivity index is 1.85. The zero-order chi connectivity index (χ0) is 18.5. The van der Waals surface area contributed by atoms with E-state index in [4.69, 9.17) is 9.47 Å². The second-order valence-corrected chi connectivity index (χ2v) is 7.08. The highest BCUT2D eigenvalue weighted by atomic mass is 32.1. The molecule has 0 bridgehead atoms. The monoisotopic (exact) mass is 376 g/mol. The van der Waals surface area contributed by atoms with Crippen LogP contribution in [0.3, 0.4) is 0 Å². The van der Waals surface area contributed by atoms with Crippen molar-refractivity contribution in [2.75, 3.05) is 20.3 Å². The number of thiophene rings is 1. The summed E-state index contributed by atoms with van der Waals surface area (Å²) in [6.45, 7) is 1.63. The van der Waals surface area contributed by atoms with Gasteiger partial charge in [0.15, 0.2) is 5.75 Å². The quantitative estimate of drug-likeness (QED) is 0.546. The van der Waals surface area contributed by atoms with Crippen molar-refractivity contribution in [3.8, 4) is 5.75 Å². The molecule has 7 nitrogen and oxygen atoms in total. The number of nitro groups is 1. The zero-order valence-corrected chi connectivity index (χ0v) is 15.2. The van der Waals surface area contributed by atoms with Gasteiger partial charge in [0, 0.05) is 29.7 Å². The van der Waals surface area contributed by atoms with Crippen molar-refractivity contribution < 1.29 is 19.2 Å². The molecule has 2 heterocycles. The van der Waals surface area contributed by atoms with Crippen molar-refractivity contribution in [3.05, 3.63) is 56.3 Å². The van der Waals surface area contributed by atoms with Crippen molar-refractivity contribution in [1.29, 1.82) is 0 Å². The molecule has 0 unspecified atom stereocenters. The molecule has 3 rings (SSSR count). The minimum atomic E-state index is -0.542. The van der Waals surface area contributed by atoms with Gasteiger partial charge in [-0.2, -0.15) is 0 Å². The lowest BCUT2D eigenvalue weighted by Crippen LogP contribution is -2.36. The number of carbonyl (C=O) groups excluding carboxylic acids is 1. The topological polar surface area (TPSA) is 81.9 Å². The standard InChI is InChI=1S/C18H20N2O5S/c1-24-17-7-6-13(10-16(17)20(22)23)18(21)19(11-14-4-2-8-25-14)12-15-5-3-9-26-15/h3,5-7,9-10,14H,2,4,8,11-12H2,1H3/t14-/m0/s1. The van der Waals surface area contributed by atoms with E-state index in [1.165, 1.54) is 19.2 Å². The van der Waals surface area contributed by atoms with E-state index in [-0.39, 0.29) is 29.0 Å². The van der Waals surface area contributed by atoms with E-state index in [1.54, 1.807) is 22.3 Å². The number of hydrogen-bond acceptors (Lipinski definition) is 6. The van der Waals surface area contributed by atoms with Gasteiger partial charge in [0.25, 0.3) is 5.91 Å². The molecule has 26 heavy (non-hydrogen) atoms. The zero-order valence-electron chi connectivity index (χ0n) is 14.4. The summed E-state index contributed by atoms with van der Waals surface area (Å²) in [4.78, 5) is 26.5. The number of ether oxygens (including phenoxy) is 2. The number of methoxy groups -OCH3 is 1. The molecule has 0 saturated carbocycles. The highest BCUT2D eigenvalue weighted by Gasteiger charge is 2.26. The van der Waals surface area contributed by atoms with E-state index < -0.39 is 4.92 Å². The maximum absolute atomic E-state index is 13.0. The van der Waals surface area contributed by atoms with Gasteiger partial charge in [-0.3, -0.25) is 14.9 Å². The summed E-state index contributed by atoms with van der Waals surface area (Å²) in [5, 5.41) is 13.2. The van der Waals surface area contributed by atoms with Crippen LogP contribution >= 0.6 is 11.3 Å². The molecule has 1 amide bonds. The van der Waals surface area contributed by atoms with Crippen molar-refractivity contribution in [2.24, 2.45) is 0 Å². The van der Waals surface area contributed by atoms with Crippen LogP contribution in [0.2, 0.25) is 0 Å². The van der Waals surface area contributed by atoms with Gasteiger partial charge in [0.2, 0.25) is 0 Å². The summed E-state index contributed by atoms with van der Waals surface area (Å²) in [5.74, 6) is -0.116. The van der Waals surface area contributed by atoms with E-state index in [2.05, 4.69) is 0 Å². The molecule has 0 radical (unpaired) electrons. The molecular weight excluding hydrogens is 356 g/mol. The van der Waals surface area contributed by atoms with Crippen molar-refractivity contribution in [3.63, 3.8) is 0 Å². The summed E-state index contributed by atoms with van der Waals surface area (Å²) in [6, 6.07) is 8.20. The Bertz CT molecular complexity index is 772. The predicted molar refractivity (Wildman–Crippen MR) is 97.7 cm³/mol. The molecule has 0 aliphatic carbocycles. The lowest BCUT2D eigenvalue weighted by molar-refractivity contribution is -0.385. The summed E-state index contributed by atoms with van der Waals surface area (Å²) in [6.07, 6.45) is 1.91. The smallest absolute Gasteiger partial charge is 0.311 e. The van der Waals surface area contributed by atoms with Gasteiger partial charge in [-0.05, 0) is 36.4 Å². The molecule has 1 aromatic heterocycles. The Hall–Kier alpha value is -2.45. The Morgan fingerprint density at radius 1 is 1.46 bits per heavy atom. The van der Waals surface area contributed by atoms with Crippen LogP contribution in [0.4, 0.5) is 5.69 Å². The molecule has 138 valence electrons. The molecule has 0 N–H and O–H groups in total. The van der Waals surface area contributed by atoms with Crippen LogP contribution in [-0.4, -0.2) is 42.1 Å². The molecule has 1 aliphatic heterocycles. The van der Waals surface area contributed by atoms with Gasteiger partial charge in [-0.15, -0.1) is 11.3 Å². The van der Waals surface area contributed by atoms with E-state index in [1.807, 2.05) is 17.5 Å². The second kappa shape index (κ2) is 8.29. The van der Waals surface area contributed by atoms with Crippen LogP contribution in [-0.2, 0) is 11.3 Å². The average molecular weight is 376 g/mol. The van der Waals surface area contributed by atoms with Gasteiger partial charge in [-0.25, -0.2) is 0 Å². The maximum Gasteiger partial charge on any atom is 0.311 e. The number of amides is 1. The van der Waals surface area contributed by atoms with Gasteiger partial charge in [0.1, 0.15) is 0 Å². The number of benzene rings is 1. The summed E-state index contributed by atoms with van der Waals surface area (Å²) >= 11 is 1.57. The predicted octanol–water partition coefficient (Wildman–Crippen LogP) is 3.49. The fraction of sp³-hybridized carbons (Fsp3) is 0.389. The molecular formula is C18H20N2O5S. The van der Waals surface area contributed by atoms with E-state index in [0.29, 0.717) is 19.7 Å². The normalized spacial score (nSPS) is 16.4. The Morgan fingerprint density at radius 3 is 2.92 bits per heavy atom. The van der Waals surface area contributed by atoms with Crippen molar-refractivity contribution in [1.82, 2.24) is 4.90 Å². The third-order valence-electron chi connectivity index (χ3n) is 4.28.